The maximum absolute atomic E-state index is 15.0. The molecule has 0 radical (unpaired) electrons. The van der Waals surface area contributed by atoms with Crippen LogP contribution in [0.15, 0.2) is 36.1 Å². The lowest BCUT2D eigenvalue weighted by atomic mass is 9.76. The molecule has 166 valence electrons. The molecule has 9 heteroatoms. The summed E-state index contributed by atoms with van der Waals surface area (Å²) in [6.07, 6.45) is 4.38. The molecule has 1 aliphatic carbocycles. The molecule has 3 N–H and O–H groups in total. The van der Waals surface area contributed by atoms with E-state index in [1.54, 1.807) is 12.1 Å². The Kier molecular flexibility index (Phi) is 5.21. The zero-order chi connectivity index (χ0) is 21.6. The van der Waals surface area contributed by atoms with Gasteiger partial charge in [-0.15, -0.1) is 0 Å². The number of allylic oxidation sites excluding steroid dienone is 3. The van der Waals surface area contributed by atoms with E-state index in [1.807, 2.05) is 19.1 Å². The highest BCUT2D eigenvalue weighted by Crippen LogP contribution is 2.37. The van der Waals surface area contributed by atoms with Crippen molar-refractivity contribution < 1.29 is 33.6 Å². The van der Waals surface area contributed by atoms with Crippen LogP contribution in [-0.4, -0.2) is 71.0 Å². The van der Waals surface area contributed by atoms with Crippen molar-refractivity contribution in [3.8, 4) is 6.01 Å². The molecule has 8 nitrogen and oxygen atoms in total. The number of hydrogen-bond acceptors (Lipinski definition) is 7. The fourth-order valence-electron chi connectivity index (χ4n) is 4.37. The molecular weight excluding hydrogens is 407 g/mol. The first kappa shape index (κ1) is 20.4. The van der Waals surface area contributed by atoms with Crippen LogP contribution in [0, 0.1) is 5.82 Å². The van der Waals surface area contributed by atoms with E-state index >= 15 is 4.39 Å². The van der Waals surface area contributed by atoms with Gasteiger partial charge in [-0.2, -0.15) is 4.98 Å². The maximum Gasteiger partial charge on any atom is 0.295 e. The number of nitrogens with one attached hydrogen (secondary N) is 1. The topological polar surface area (TPSA) is 106 Å². The Morgan fingerprint density at radius 3 is 2.90 bits per heavy atom. The lowest BCUT2D eigenvalue weighted by Gasteiger charge is -2.29. The van der Waals surface area contributed by atoms with Gasteiger partial charge in [0.05, 0.1) is 30.9 Å². The third kappa shape index (κ3) is 3.71. The van der Waals surface area contributed by atoms with Crippen LogP contribution in [0.5, 0.6) is 6.01 Å². The molecule has 0 saturated carbocycles. The highest BCUT2D eigenvalue weighted by atomic mass is 19.1. The fraction of sp³-hybridized carbons (Fsp3) is 0.500. The fourth-order valence-corrected chi connectivity index (χ4v) is 4.37. The number of aliphatic hydroxyl groups is 2. The Morgan fingerprint density at radius 1 is 1.29 bits per heavy atom. The van der Waals surface area contributed by atoms with E-state index in [-0.39, 0.29) is 37.8 Å². The molecule has 2 fully saturated rings. The van der Waals surface area contributed by atoms with Gasteiger partial charge in [0.2, 0.25) is 0 Å². The molecule has 3 aliphatic rings. The van der Waals surface area contributed by atoms with Gasteiger partial charge in [-0.25, -0.2) is 4.39 Å². The predicted octanol–water partition coefficient (Wildman–Crippen LogP) is 1.72. The van der Waals surface area contributed by atoms with Crippen LogP contribution >= 0.6 is 0 Å². The van der Waals surface area contributed by atoms with Crippen LogP contribution in [0.3, 0.4) is 0 Å². The predicted molar refractivity (Wildman–Crippen MR) is 108 cm³/mol. The molecule has 0 bridgehead atoms. The van der Waals surface area contributed by atoms with E-state index in [0.29, 0.717) is 35.4 Å². The second-order valence-corrected chi connectivity index (χ2v) is 8.34. The lowest BCUT2D eigenvalue weighted by Crippen LogP contribution is -2.34. The average molecular weight is 432 g/mol. The van der Waals surface area contributed by atoms with Crippen molar-refractivity contribution in [2.24, 2.45) is 0 Å². The van der Waals surface area contributed by atoms with Gasteiger partial charge in [0.25, 0.3) is 6.01 Å². The summed E-state index contributed by atoms with van der Waals surface area (Å²) < 4.78 is 37.5. The van der Waals surface area contributed by atoms with Crippen molar-refractivity contribution in [2.45, 2.75) is 43.2 Å². The third-order valence-electron chi connectivity index (χ3n) is 6.11. The highest BCUT2D eigenvalue weighted by molar-refractivity contribution is 5.77. The standard InChI is InChI=1S/C22H25FN2O6/c1-22(4-2-12(3-5-22)28-7-6-26)13-8-15-16(9-14(13)23)25-21(24-15)31-18-11-30-19-17(27)10-29-20(18)19/h2-4,8-9,17-20,26-27H,5-7,10-11H2,1H3,(H,24,25)/t17-,18-,19-,20-,22?/m1/s1. The number of aliphatic hydroxyl groups excluding tert-OH is 2. The summed E-state index contributed by atoms with van der Waals surface area (Å²) in [5, 5.41) is 18.8. The second kappa shape index (κ2) is 7.90. The summed E-state index contributed by atoms with van der Waals surface area (Å²) in [5.74, 6) is 0.318. The molecule has 3 heterocycles. The van der Waals surface area contributed by atoms with Crippen molar-refractivity contribution in [2.75, 3.05) is 26.4 Å². The molecule has 2 saturated heterocycles. The minimum Gasteiger partial charge on any atom is -0.492 e. The number of rotatable bonds is 6. The maximum atomic E-state index is 15.0. The molecular formula is C22H25FN2O6. The Labute approximate surface area is 178 Å². The number of imidazole rings is 1. The number of aromatic amines is 1. The van der Waals surface area contributed by atoms with Gasteiger partial charge in [0.15, 0.2) is 6.10 Å². The molecule has 2 aromatic rings. The summed E-state index contributed by atoms with van der Waals surface area (Å²) in [5.41, 5.74) is 1.12. The number of H-pyrrole nitrogens is 1. The van der Waals surface area contributed by atoms with Gasteiger partial charge in [-0.1, -0.05) is 13.0 Å². The smallest absolute Gasteiger partial charge is 0.295 e. The van der Waals surface area contributed by atoms with E-state index in [4.69, 9.17) is 24.1 Å². The minimum absolute atomic E-state index is 0.0565. The first-order valence-corrected chi connectivity index (χ1v) is 10.4. The number of fused-ring (bicyclic) bond motifs is 2. The Balaban J connectivity index is 1.36. The van der Waals surface area contributed by atoms with Gasteiger partial charge in [-0.3, -0.25) is 0 Å². The highest BCUT2D eigenvalue weighted by Gasteiger charge is 2.48. The normalized spacial score (nSPS) is 32.3. The average Bonchev–Trinajstić information content (AvgIpc) is 3.44. The zero-order valence-electron chi connectivity index (χ0n) is 17.1. The number of ether oxygens (including phenoxy) is 4. The minimum atomic E-state index is -0.654. The van der Waals surface area contributed by atoms with E-state index in [0.717, 1.165) is 0 Å². The van der Waals surface area contributed by atoms with Crippen LogP contribution < -0.4 is 4.74 Å². The summed E-state index contributed by atoms with van der Waals surface area (Å²) in [6, 6.07) is 3.42. The lowest BCUT2D eigenvalue weighted by molar-refractivity contribution is 0.00706. The van der Waals surface area contributed by atoms with Crippen LogP contribution in [0.4, 0.5) is 4.39 Å². The van der Waals surface area contributed by atoms with E-state index in [1.165, 1.54) is 6.07 Å². The summed E-state index contributed by atoms with van der Waals surface area (Å²) in [4.78, 5) is 7.47. The van der Waals surface area contributed by atoms with Crippen molar-refractivity contribution in [1.29, 1.82) is 0 Å². The third-order valence-corrected chi connectivity index (χ3v) is 6.11. The first-order chi connectivity index (χ1) is 15.0. The SMILES string of the molecule is CC1(c2cc3[nH]c(O[C@@H]4CO[C@H]5[C@@H]4OC[C@H]5O)nc3cc2F)C=CC(OCCO)=CC1. The van der Waals surface area contributed by atoms with Crippen LogP contribution in [0.2, 0.25) is 0 Å². The van der Waals surface area contributed by atoms with E-state index in [9.17, 15) is 5.11 Å². The van der Waals surface area contributed by atoms with Crippen molar-refractivity contribution in [3.63, 3.8) is 0 Å². The Hall–Kier alpha value is -2.46. The van der Waals surface area contributed by atoms with Gasteiger partial charge in [-0.05, 0) is 24.6 Å². The molecule has 1 unspecified atom stereocenters. The Bertz CT molecular complexity index is 1040. The summed E-state index contributed by atoms with van der Waals surface area (Å²) in [7, 11) is 0. The number of benzene rings is 1. The van der Waals surface area contributed by atoms with Gasteiger partial charge < -0.3 is 34.1 Å². The van der Waals surface area contributed by atoms with Crippen molar-refractivity contribution in [3.05, 3.63) is 47.5 Å². The number of nitrogens with zero attached hydrogens (tertiary/aromatic N) is 1. The second-order valence-electron chi connectivity index (χ2n) is 8.34. The molecule has 0 amide bonds. The van der Waals surface area contributed by atoms with E-state index in [2.05, 4.69) is 9.97 Å². The number of aromatic nitrogens is 2. The largest absolute Gasteiger partial charge is 0.492 e. The molecule has 5 atom stereocenters. The molecule has 2 aliphatic heterocycles. The van der Waals surface area contributed by atoms with Gasteiger partial charge >= 0.3 is 0 Å². The summed E-state index contributed by atoms with van der Waals surface area (Å²) >= 11 is 0. The molecule has 5 rings (SSSR count). The number of hydrogen-bond donors (Lipinski definition) is 3. The van der Waals surface area contributed by atoms with E-state index < -0.39 is 23.7 Å². The zero-order valence-corrected chi connectivity index (χ0v) is 17.1. The molecule has 0 spiro atoms. The van der Waals surface area contributed by atoms with Gasteiger partial charge in [0, 0.05) is 17.0 Å². The van der Waals surface area contributed by atoms with Crippen LogP contribution in [-0.2, 0) is 19.6 Å². The summed E-state index contributed by atoms with van der Waals surface area (Å²) in [6.45, 7) is 2.64. The quantitative estimate of drug-likeness (QED) is 0.638. The first-order valence-electron chi connectivity index (χ1n) is 10.4. The van der Waals surface area contributed by atoms with Gasteiger partial charge in [0.1, 0.15) is 36.5 Å². The molecule has 1 aromatic carbocycles. The molecule has 1 aromatic heterocycles. The monoisotopic (exact) mass is 432 g/mol. The number of halogens is 1. The Morgan fingerprint density at radius 2 is 2.13 bits per heavy atom. The van der Waals surface area contributed by atoms with Crippen molar-refractivity contribution in [1.82, 2.24) is 9.97 Å². The molecule has 31 heavy (non-hydrogen) atoms. The van der Waals surface area contributed by atoms with Crippen LogP contribution in [0.25, 0.3) is 11.0 Å². The van der Waals surface area contributed by atoms with Crippen LogP contribution in [0.1, 0.15) is 18.9 Å². The van der Waals surface area contributed by atoms with Crippen molar-refractivity contribution >= 4 is 11.0 Å².